The first kappa shape index (κ1) is 21.2. The number of rotatable bonds is 6. The van der Waals surface area contributed by atoms with E-state index in [0.29, 0.717) is 37.4 Å². The van der Waals surface area contributed by atoms with Crippen molar-refractivity contribution in [1.82, 2.24) is 14.5 Å². The highest BCUT2D eigenvalue weighted by Crippen LogP contribution is 2.33. The standard InChI is InChI=1S/C22H22N6O4/c1-26-13-10-24-21(26)20(29)16-5-6-17(18(14-16)28(31)32)27-11-7-15(8-12-27)22(30)25-19-4-2-3-9-23-19/h2-6,9-10,13-15H,7-8,11-12H2,1H3,(H,23,25,30). The monoisotopic (exact) mass is 434 g/mol. The number of aryl methyl sites for hydroxylation is 1. The molecule has 0 spiro atoms. The number of carbonyl (C=O) groups is 2. The highest BCUT2D eigenvalue weighted by molar-refractivity contribution is 6.07. The van der Waals surface area contributed by atoms with E-state index in [9.17, 15) is 19.7 Å². The fourth-order valence-corrected chi connectivity index (χ4v) is 3.84. The molecule has 10 nitrogen and oxygen atoms in total. The lowest BCUT2D eigenvalue weighted by molar-refractivity contribution is -0.384. The van der Waals surface area contributed by atoms with Crippen molar-refractivity contribution in [2.75, 3.05) is 23.3 Å². The third-order valence-electron chi connectivity index (χ3n) is 5.58. The minimum Gasteiger partial charge on any atom is -0.366 e. The van der Waals surface area contributed by atoms with Crippen LogP contribution in [0.15, 0.2) is 55.0 Å². The summed E-state index contributed by atoms with van der Waals surface area (Å²) in [6.45, 7) is 0.988. The Hall–Kier alpha value is -4.08. The summed E-state index contributed by atoms with van der Waals surface area (Å²) in [4.78, 5) is 46.5. The van der Waals surface area contributed by atoms with Gasteiger partial charge in [0.05, 0.1) is 4.92 Å². The van der Waals surface area contributed by atoms with Crippen molar-refractivity contribution in [2.24, 2.45) is 13.0 Å². The molecule has 1 amide bonds. The highest BCUT2D eigenvalue weighted by atomic mass is 16.6. The Kier molecular flexibility index (Phi) is 5.93. The first-order chi connectivity index (χ1) is 15.4. The summed E-state index contributed by atoms with van der Waals surface area (Å²) in [6.07, 6.45) is 5.88. The van der Waals surface area contributed by atoms with Crippen molar-refractivity contribution in [1.29, 1.82) is 0 Å². The third-order valence-corrected chi connectivity index (χ3v) is 5.58. The number of nitro benzene ring substituents is 1. The van der Waals surface area contributed by atoms with Gasteiger partial charge in [-0.05, 0) is 37.1 Å². The van der Waals surface area contributed by atoms with Crippen LogP contribution >= 0.6 is 0 Å². The van der Waals surface area contributed by atoms with E-state index in [1.54, 1.807) is 54.3 Å². The van der Waals surface area contributed by atoms with Crippen LogP contribution in [0.5, 0.6) is 0 Å². The second-order valence-corrected chi connectivity index (χ2v) is 7.62. The summed E-state index contributed by atoms with van der Waals surface area (Å²) < 4.78 is 1.57. The average molecular weight is 434 g/mol. The minimum absolute atomic E-state index is 0.103. The number of aromatic nitrogens is 3. The van der Waals surface area contributed by atoms with Gasteiger partial charge in [-0.1, -0.05) is 6.07 Å². The number of piperidine rings is 1. The van der Waals surface area contributed by atoms with Crippen molar-refractivity contribution in [3.63, 3.8) is 0 Å². The van der Waals surface area contributed by atoms with E-state index in [1.165, 1.54) is 12.3 Å². The number of pyridine rings is 1. The first-order valence-electron chi connectivity index (χ1n) is 10.2. The number of carbonyl (C=O) groups excluding carboxylic acids is 2. The summed E-state index contributed by atoms with van der Waals surface area (Å²) >= 11 is 0. The summed E-state index contributed by atoms with van der Waals surface area (Å²) in [6, 6.07) is 9.78. The average Bonchev–Trinajstić information content (AvgIpc) is 3.24. The molecule has 0 bridgehead atoms. The van der Waals surface area contributed by atoms with Gasteiger partial charge in [0.15, 0.2) is 5.82 Å². The molecule has 1 N–H and O–H groups in total. The van der Waals surface area contributed by atoms with E-state index >= 15 is 0 Å². The molecule has 0 atom stereocenters. The molecule has 3 heterocycles. The van der Waals surface area contributed by atoms with E-state index in [-0.39, 0.29) is 34.7 Å². The predicted octanol–water partition coefficient (Wildman–Crippen LogP) is 2.81. The number of nitro groups is 1. The highest BCUT2D eigenvalue weighted by Gasteiger charge is 2.29. The van der Waals surface area contributed by atoms with Gasteiger partial charge in [-0.2, -0.15) is 0 Å². The molecule has 0 saturated carbocycles. The second-order valence-electron chi connectivity index (χ2n) is 7.62. The van der Waals surface area contributed by atoms with Crippen LogP contribution < -0.4 is 10.2 Å². The zero-order chi connectivity index (χ0) is 22.7. The fraction of sp³-hybridized carbons (Fsp3) is 0.273. The van der Waals surface area contributed by atoms with Crippen LogP contribution in [0.4, 0.5) is 17.2 Å². The molecule has 1 aromatic carbocycles. The van der Waals surface area contributed by atoms with Crippen molar-refractivity contribution in [3.8, 4) is 0 Å². The molecule has 1 aliphatic heterocycles. The molecule has 2 aromatic heterocycles. The predicted molar refractivity (Wildman–Crippen MR) is 118 cm³/mol. The number of anilines is 2. The van der Waals surface area contributed by atoms with Crippen molar-refractivity contribution in [3.05, 3.63) is 76.5 Å². The Labute approximate surface area is 184 Å². The van der Waals surface area contributed by atoms with Gasteiger partial charge in [0.1, 0.15) is 11.5 Å². The lowest BCUT2D eigenvalue weighted by Crippen LogP contribution is -2.38. The molecule has 0 aliphatic carbocycles. The van der Waals surface area contributed by atoms with Gasteiger partial charge >= 0.3 is 0 Å². The van der Waals surface area contributed by atoms with E-state index < -0.39 is 4.92 Å². The number of ketones is 1. The minimum atomic E-state index is -0.482. The van der Waals surface area contributed by atoms with Gasteiger partial charge in [0.2, 0.25) is 11.7 Å². The van der Waals surface area contributed by atoms with Crippen LogP contribution in [0.25, 0.3) is 0 Å². The van der Waals surface area contributed by atoms with Gasteiger partial charge in [-0.25, -0.2) is 9.97 Å². The SMILES string of the molecule is Cn1ccnc1C(=O)c1ccc(N2CCC(C(=O)Nc3ccccn3)CC2)c([N+](=O)[O-])c1. The number of hydrogen-bond donors (Lipinski definition) is 1. The van der Waals surface area contributed by atoms with Gasteiger partial charge in [0, 0.05) is 56.3 Å². The molecule has 1 saturated heterocycles. The molecule has 10 heteroatoms. The summed E-state index contributed by atoms with van der Waals surface area (Å²) in [5.41, 5.74) is 0.510. The molecular formula is C22H22N6O4. The topological polar surface area (TPSA) is 123 Å². The number of nitrogens with zero attached hydrogens (tertiary/aromatic N) is 5. The summed E-state index contributed by atoms with van der Waals surface area (Å²) in [5.74, 6) is 0.0396. The van der Waals surface area contributed by atoms with Crippen LogP contribution in [0.1, 0.15) is 29.0 Å². The largest absolute Gasteiger partial charge is 0.366 e. The van der Waals surface area contributed by atoms with Crippen molar-refractivity contribution >= 4 is 28.9 Å². The second kappa shape index (κ2) is 8.96. The number of nitrogens with one attached hydrogen (secondary N) is 1. The number of amides is 1. The van der Waals surface area contributed by atoms with E-state index in [4.69, 9.17) is 0 Å². The molecule has 3 aromatic rings. The maximum Gasteiger partial charge on any atom is 0.293 e. The summed E-state index contributed by atoms with van der Waals surface area (Å²) in [5, 5.41) is 14.6. The zero-order valence-electron chi connectivity index (χ0n) is 17.5. The Morgan fingerprint density at radius 3 is 2.53 bits per heavy atom. The lowest BCUT2D eigenvalue weighted by atomic mass is 9.95. The molecule has 0 radical (unpaired) electrons. The number of imidazole rings is 1. The van der Waals surface area contributed by atoms with Gasteiger partial charge in [-0.15, -0.1) is 0 Å². The molecule has 164 valence electrons. The van der Waals surface area contributed by atoms with Crippen molar-refractivity contribution < 1.29 is 14.5 Å². The van der Waals surface area contributed by atoms with Gasteiger partial charge in [0.25, 0.3) is 5.69 Å². The van der Waals surface area contributed by atoms with E-state index in [2.05, 4.69) is 15.3 Å². The van der Waals surface area contributed by atoms with Crippen LogP contribution in [0.2, 0.25) is 0 Å². The van der Waals surface area contributed by atoms with Crippen LogP contribution in [0, 0.1) is 16.0 Å². The quantitative estimate of drug-likeness (QED) is 0.359. The third kappa shape index (κ3) is 4.34. The maximum atomic E-state index is 12.7. The molecule has 4 rings (SSSR count). The Morgan fingerprint density at radius 2 is 1.91 bits per heavy atom. The fourth-order valence-electron chi connectivity index (χ4n) is 3.84. The van der Waals surface area contributed by atoms with Crippen LogP contribution in [-0.2, 0) is 11.8 Å². The molecule has 0 unspecified atom stereocenters. The normalized spacial score (nSPS) is 14.2. The van der Waals surface area contributed by atoms with E-state index in [1.807, 2.05) is 4.90 Å². The van der Waals surface area contributed by atoms with E-state index in [0.717, 1.165) is 0 Å². The summed E-state index contributed by atoms with van der Waals surface area (Å²) in [7, 11) is 1.69. The number of benzene rings is 1. The number of hydrogen-bond acceptors (Lipinski definition) is 7. The molecule has 1 aliphatic rings. The molecule has 32 heavy (non-hydrogen) atoms. The lowest BCUT2D eigenvalue weighted by Gasteiger charge is -2.32. The first-order valence-corrected chi connectivity index (χ1v) is 10.2. The van der Waals surface area contributed by atoms with Gasteiger partial charge in [-0.3, -0.25) is 19.7 Å². The maximum absolute atomic E-state index is 12.7. The van der Waals surface area contributed by atoms with Crippen molar-refractivity contribution in [2.45, 2.75) is 12.8 Å². The Bertz CT molecular complexity index is 1150. The Morgan fingerprint density at radius 1 is 1.12 bits per heavy atom. The smallest absolute Gasteiger partial charge is 0.293 e. The van der Waals surface area contributed by atoms with Gasteiger partial charge < -0.3 is 14.8 Å². The van der Waals surface area contributed by atoms with Crippen LogP contribution in [-0.4, -0.2) is 44.2 Å². The zero-order valence-corrected chi connectivity index (χ0v) is 17.5. The molecule has 1 fully saturated rings. The van der Waals surface area contributed by atoms with Crippen LogP contribution in [0.3, 0.4) is 0 Å². The molecular weight excluding hydrogens is 412 g/mol. The Balaban J connectivity index is 1.47.